The molecule has 0 aliphatic carbocycles. The molecule has 4 rings (SSSR count). The van der Waals surface area contributed by atoms with E-state index in [-0.39, 0.29) is 18.8 Å². The molecule has 2 aliphatic rings. The average Bonchev–Trinajstić information content (AvgIpc) is 2.87. The SMILES string of the molecule is CC(C)(C)OC(=O)N1CCN(c2cnc(C3=CCN(C(=O)OCc4ccccc4)CC3)cn2)CC1. The van der Waals surface area contributed by atoms with Crippen molar-refractivity contribution in [2.75, 3.05) is 44.2 Å². The van der Waals surface area contributed by atoms with Crippen molar-refractivity contribution in [1.82, 2.24) is 19.8 Å². The van der Waals surface area contributed by atoms with Crippen LogP contribution in [0.25, 0.3) is 5.57 Å². The minimum atomic E-state index is -0.497. The van der Waals surface area contributed by atoms with Crippen LogP contribution in [0, 0.1) is 0 Å². The van der Waals surface area contributed by atoms with E-state index in [0.29, 0.717) is 45.7 Å². The number of rotatable bonds is 4. The molecule has 2 aliphatic heterocycles. The molecular weight excluding hydrogens is 446 g/mol. The van der Waals surface area contributed by atoms with Crippen LogP contribution in [0.3, 0.4) is 0 Å². The maximum atomic E-state index is 12.4. The molecular formula is C26H33N5O4. The Labute approximate surface area is 206 Å². The van der Waals surface area contributed by atoms with E-state index in [1.165, 1.54) is 0 Å². The lowest BCUT2D eigenvalue weighted by Crippen LogP contribution is -2.50. The zero-order chi connectivity index (χ0) is 24.8. The summed E-state index contributed by atoms with van der Waals surface area (Å²) in [6.45, 7) is 9.46. The first-order valence-electron chi connectivity index (χ1n) is 12.0. The van der Waals surface area contributed by atoms with Crippen LogP contribution in [0.5, 0.6) is 0 Å². The number of ether oxygens (including phenoxy) is 2. The van der Waals surface area contributed by atoms with Crippen LogP contribution >= 0.6 is 0 Å². The van der Waals surface area contributed by atoms with Crippen molar-refractivity contribution >= 4 is 23.6 Å². The molecule has 2 aromatic rings. The Morgan fingerprint density at radius 1 is 0.914 bits per heavy atom. The predicted octanol–water partition coefficient (Wildman–Crippen LogP) is 3.96. The highest BCUT2D eigenvalue weighted by Crippen LogP contribution is 2.22. The molecule has 2 amide bonds. The standard InChI is InChI=1S/C26H33N5O4/c1-26(2,3)35-25(33)31-15-13-29(14-16-31)23-18-27-22(17-28-23)21-9-11-30(12-10-21)24(32)34-19-20-7-5-4-6-8-20/h4-9,17-18H,10-16,19H2,1-3H3. The number of carbonyl (C=O) groups is 2. The molecule has 0 saturated carbocycles. The van der Waals surface area contributed by atoms with Crippen molar-refractivity contribution in [2.24, 2.45) is 0 Å². The Kier molecular flexibility index (Phi) is 7.53. The number of hydrogen-bond donors (Lipinski definition) is 0. The van der Waals surface area contributed by atoms with Crippen molar-refractivity contribution in [3.05, 3.63) is 60.1 Å². The molecule has 9 heteroatoms. The fourth-order valence-corrected chi connectivity index (χ4v) is 3.97. The van der Waals surface area contributed by atoms with Crippen LogP contribution < -0.4 is 4.90 Å². The number of amides is 2. The second-order valence-electron chi connectivity index (χ2n) is 9.68. The summed E-state index contributed by atoms with van der Waals surface area (Å²) in [5.41, 5.74) is 2.36. The van der Waals surface area contributed by atoms with Gasteiger partial charge in [-0.25, -0.2) is 14.6 Å². The van der Waals surface area contributed by atoms with Gasteiger partial charge in [0.1, 0.15) is 18.0 Å². The molecule has 1 saturated heterocycles. The van der Waals surface area contributed by atoms with Gasteiger partial charge in [0.2, 0.25) is 0 Å². The third-order valence-corrected chi connectivity index (χ3v) is 5.90. The lowest BCUT2D eigenvalue weighted by molar-refractivity contribution is 0.0240. The Balaban J connectivity index is 1.26. The van der Waals surface area contributed by atoms with Crippen LogP contribution in [0.2, 0.25) is 0 Å². The van der Waals surface area contributed by atoms with E-state index in [2.05, 4.69) is 14.9 Å². The highest BCUT2D eigenvalue weighted by atomic mass is 16.6. The third-order valence-electron chi connectivity index (χ3n) is 5.90. The van der Waals surface area contributed by atoms with Crippen LogP contribution in [0.15, 0.2) is 48.8 Å². The summed E-state index contributed by atoms with van der Waals surface area (Å²) in [7, 11) is 0. The van der Waals surface area contributed by atoms with Gasteiger partial charge in [-0.05, 0) is 38.3 Å². The normalized spacial score (nSPS) is 16.5. The molecule has 1 aromatic carbocycles. The number of anilines is 1. The van der Waals surface area contributed by atoms with E-state index in [1.54, 1.807) is 22.2 Å². The summed E-state index contributed by atoms with van der Waals surface area (Å²) in [6.07, 6.45) is 5.68. The van der Waals surface area contributed by atoms with Gasteiger partial charge in [-0.2, -0.15) is 0 Å². The Hall–Kier alpha value is -3.62. The highest BCUT2D eigenvalue weighted by Gasteiger charge is 2.26. The molecule has 0 unspecified atom stereocenters. The summed E-state index contributed by atoms with van der Waals surface area (Å²) in [6, 6.07) is 9.66. The average molecular weight is 480 g/mol. The summed E-state index contributed by atoms with van der Waals surface area (Å²) < 4.78 is 10.9. The first-order valence-corrected chi connectivity index (χ1v) is 12.0. The summed E-state index contributed by atoms with van der Waals surface area (Å²) in [5, 5.41) is 0. The maximum absolute atomic E-state index is 12.4. The molecule has 0 spiro atoms. The lowest BCUT2D eigenvalue weighted by atomic mass is 10.1. The van der Waals surface area contributed by atoms with Gasteiger partial charge in [0, 0.05) is 39.3 Å². The zero-order valence-electron chi connectivity index (χ0n) is 20.6. The molecule has 3 heterocycles. The van der Waals surface area contributed by atoms with Crippen LogP contribution in [0.4, 0.5) is 15.4 Å². The molecule has 186 valence electrons. The maximum Gasteiger partial charge on any atom is 0.410 e. The first-order chi connectivity index (χ1) is 16.8. The van der Waals surface area contributed by atoms with Crippen LogP contribution in [-0.4, -0.2) is 76.8 Å². The molecule has 0 atom stereocenters. The second-order valence-corrected chi connectivity index (χ2v) is 9.68. The minimum absolute atomic E-state index is 0.270. The smallest absolute Gasteiger partial charge is 0.410 e. The first kappa shape index (κ1) is 24.5. The molecule has 0 bridgehead atoms. The number of carbonyl (C=O) groups excluding carboxylic acids is 2. The number of nitrogens with zero attached hydrogens (tertiary/aromatic N) is 5. The van der Waals surface area contributed by atoms with Crippen molar-refractivity contribution in [2.45, 2.75) is 39.4 Å². The van der Waals surface area contributed by atoms with E-state index < -0.39 is 5.60 Å². The second kappa shape index (κ2) is 10.8. The fraction of sp³-hybridized carbons (Fsp3) is 0.462. The Morgan fingerprint density at radius 3 is 2.26 bits per heavy atom. The molecule has 35 heavy (non-hydrogen) atoms. The quantitative estimate of drug-likeness (QED) is 0.656. The monoisotopic (exact) mass is 479 g/mol. The van der Waals surface area contributed by atoms with Crippen molar-refractivity contribution < 1.29 is 19.1 Å². The van der Waals surface area contributed by atoms with Crippen molar-refractivity contribution in [1.29, 1.82) is 0 Å². The summed E-state index contributed by atoms with van der Waals surface area (Å²) in [4.78, 5) is 39.4. The lowest BCUT2D eigenvalue weighted by Gasteiger charge is -2.36. The number of benzene rings is 1. The van der Waals surface area contributed by atoms with Crippen LogP contribution in [-0.2, 0) is 16.1 Å². The van der Waals surface area contributed by atoms with Gasteiger partial charge in [0.15, 0.2) is 0 Å². The summed E-state index contributed by atoms with van der Waals surface area (Å²) >= 11 is 0. The fourth-order valence-electron chi connectivity index (χ4n) is 3.97. The van der Waals surface area contributed by atoms with Crippen LogP contribution in [0.1, 0.15) is 38.4 Å². The molecule has 9 nitrogen and oxygen atoms in total. The highest BCUT2D eigenvalue weighted by molar-refractivity contribution is 5.71. The Bertz CT molecular complexity index is 1040. The van der Waals surface area contributed by atoms with Gasteiger partial charge >= 0.3 is 12.2 Å². The van der Waals surface area contributed by atoms with Gasteiger partial charge in [0.05, 0.1) is 18.1 Å². The van der Waals surface area contributed by atoms with Gasteiger partial charge < -0.3 is 24.2 Å². The molecule has 0 radical (unpaired) electrons. The van der Waals surface area contributed by atoms with Crippen molar-refractivity contribution in [3.8, 4) is 0 Å². The third kappa shape index (κ3) is 6.71. The van der Waals surface area contributed by atoms with E-state index in [1.807, 2.05) is 57.2 Å². The predicted molar refractivity (Wildman–Crippen MR) is 133 cm³/mol. The number of aromatic nitrogens is 2. The van der Waals surface area contributed by atoms with Gasteiger partial charge in [-0.3, -0.25) is 4.98 Å². The molecule has 1 aromatic heterocycles. The number of piperazine rings is 1. The van der Waals surface area contributed by atoms with E-state index in [9.17, 15) is 9.59 Å². The topological polar surface area (TPSA) is 88.1 Å². The minimum Gasteiger partial charge on any atom is -0.445 e. The van der Waals surface area contributed by atoms with Crippen molar-refractivity contribution in [3.63, 3.8) is 0 Å². The van der Waals surface area contributed by atoms with E-state index >= 15 is 0 Å². The molecule has 1 fully saturated rings. The Morgan fingerprint density at radius 2 is 1.66 bits per heavy atom. The van der Waals surface area contributed by atoms with E-state index in [4.69, 9.17) is 9.47 Å². The molecule has 0 N–H and O–H groups in total. The van der Waals surface area contributed by atoms with Gasteiger partial charge in [0.25, 0.3) is 0 Å². The van der Waals surface area contributed by atoms with Gasteiger partial charge in [-0.15, -0.1) is 0 Å². The number of hydrogen-bond acceptors (Lipinski definition) is 7. The van der Waals surface area contributed by atoms with Gasteiger partial charge in [-0.1, -0.05) is 36.4 Å². The zero-order valence-corrected chi connectivity index (χ0v) is 20.6. The largest absolute Gasteiger partial charge is 0.445 e. The summed E-state index contributed by atoms with van der Waals surface area (Å²) in [5.74, 6) is 0.792. The van der Waals surface area contributed by atoms with E-state index in [0.717, 1.165) is 22.6 Å².